The van der Waals surface area contributed by atoms with Crippen molar-refractivity contribution in [1.82, 2.24) is 9.97 Å². The van der Waals surface area contributed by atoms with Crippen LogP contribution in [-0.4, -0.2) is 37.3 Å². The molecule has 3 aromatic rings. The van der Waals surface area contributed by atoms with E-state index in [1.807, 2.05) is 19.9 Å². The molecular weight excluding hydrogens is 478 g/mol. The Labute approximate surface area is 214 Å². The van der Waals surface area contributed by atoms with E-state index in [9.17, 15) is 4.79 Å². The van der Waals surface area contributed by atoms with Gasteiger partial charge in [0.15, 0.2) is 6.79 Å². The number of hydrogen-bond donors (Lipinski definition) is 1. The maximum Gasteiger partial charge on any atom is 0.251 e. The molecule has 0 atom stereocenters. The maximum atomic E-state index is 12.2. The molecule has 188 valence electrons. The van der Waals surface area contributed by atoms with Gasteiger partial charge in [0, 0.05) is 37.0 Å². The van der Waals surface area contributed by atoms with Crippen molar-refractivity contribution in [2.24, 2.45) is 5.73 Å². The summed E-state index contributed by atoms with van der Waals surface area (Å²) in [6.07, 6.45) is 3.06. The molecule has 0 aliphatic heterocycles. The fraction of sp³-hybridized carbons (Fsp3) is 0.444. The maximum absolute atomic E-state index is 12.2. The number of pyridine rings is 2. The van der Waals surface area contributed by atoms with E-state index in [0.717, 1.165) is 34.0 Å². The van der Waals surface area contributed by atoms with Gasteiger partial charge in [0.2, 0.25) is 0 Å². The molecule has 2 N–H and O–H groups in total. The number of hydrogen-bond acceptors (Lipinski definition) is 5. The number of aryl methyl sites for hydroxylation is 1. The lowest BCUT2D eigenvalue weighted by atomic mass is 9.84. The largest absolute Gasteiger partial charge is 0.466 e. The standard InChI is InChI=1S/C27H36ClN3O3Si/c1-16-11-20(27(3,4)5)21(28)12-18(16)24-17(2)25(34-15-33-9-10-35(6,7)8)23-19(26(29)32)13-30-14-22(23)31-24/h11-14H,9-10,15H2,1-8H3,(H2,29,32). The van der Waals surface area contributed by atoms with Gasteiger partial charge in [-0.1, -0.05) is 58.1 Å². The van der Waals surface area contributed by atoms with E-state index in [4.69, 9.17) is 31.8 Å². The smallest absolute Gasteiger partial charge is 0.251 e. The summed E-state index contributed by atoms with van der Waals surface area (Å²) in [6, 6.07) is 5.10. The number of nitrogens with zero attached hydrogens (tertiary/aromatic N) is 2. The minimum Gasteiger partial charge on any atom is -0.466 e. The van der Waals surface area contributed by atoms with Gasteiger partial charge in [-0.15, -0.1) is 0 Å². The zero-order valence-electron chi connectivity index (χ0n) is 22.0. The van der Waals surface area contributed by atoms with Crippen molar-refractivity contribution in [3.63, 3.8) is 0 Å². The Morgan fingerprint density at radius 2 is 1.83 bits per heavy atom. The second-order valence-corrected chi connectivity index (χ2v) is 17.3. The summed E-state index contributed by atoms with van der Waals surface area (Å²) < 4.78 is 11.9. The van der Waals surface area contributed by atoms with Gasteiger partial charge >= 0.3 is 0 Å². The third kappa shape index (κ3) is 6.21. The Bertz CT molecular complexity index is 1260. The van der Waals surface area contributed by atoms with Crippen molar-refractivity contribution in [1.29, 1.82) is 0 Å². The lowest BCUT2D eigenvalue weighted by molar-refractivity contribution is 0.0225. The van der Waals surface area contributed by atoms with Crippen LogP contribution in [0.2, 0.25) is 30.7 Å². The quantitative estimate of drug-likeness (QED) is 0.207. The predicted molar refractivity (Wildman–Crippen MR) is 146 cm³/mol. The predicted octanol–water partition coefficient (Wildman–Crippen LogP) is 6.65. The van der Waals surface area contributed by atoms with Gasteiger partial charge in [0.25, 0.3) is 5.91 Å². The lowest BCUT2D eigenvalue weighted by Crippen LogP contribution is -2.22. The van der Waals surface area contributed by atoms with E-state index in [1.165, 1.54) is 6.20 Å². The van der Waals surface area contributed by atoms with Crippen molar-refractivity contribution >= 4 is 36.5 Å². The second kappa shape index (κ2) is 10.2. The third-order valence-corrected chi connectivity index (χ3v) is 8.02. The normalized spacial score (nSPS) is 12.3. The number of nitrogens with two attached hydrogens (primary N) is 1. The molecule has 0 radical (unpaired) electrons. The first-order chi connectivity index (χ1) is 16.2. The van der Waals surface area contributed by atoms with Crippen molar-refractivity contribution in [2.75, 3.05) is 13.4 Å². The molecule has 0 aliphatic rings. The highest BCUT2D eigenvalue weighted by Gasteiger charge is 2.24. The second-order valence-electron chi connectivity index (χ2n) is 11.2. The average molecular weight is 514 g/mol. The van der Waals surface area contributed by atoms with Crippen LogP contribution in [0, 0.1) is 13.8 Å². The topological polar surface area (TPSA) is 87.3 Å². The third-order valence-electron chi connectivity index (χ3n) is 6.01. The molecule has 2 heterocycles. The fourth-order valence-corrected chi connectivity index (χ4v) is 5.15. The summed E-state index contributed by atoms with van der Waals surface area (Å²) in [6.45, 7) is 18.0. The van der Waals surface area contributed by atoms with Crippen LogP contribution in [-0.2, 0) is 10.2 Å². The van der Waals surface area contributed by atoms with Crippen LogP contribution < -0.4 is 10.5 Å². The molecular formula is C27H36ClN3O3Si. The van der Waals surface area contributed by atoms with E-state index >= 15 is 0 Å². The number of primary amides is 1. The first kappa shape index (κ1) is 27.1. The number of rotatable bonds is 8. The molecule has 0 saturated heterocycles. The van der Waals surface area contributed by atoms with E-state index in [1.54, 1.807) is 6.20 Å². The first-order valence-corrected chi connectivity index (χ1v) is 15.9. The van der Waals surface area contributed by atoms with E-state index in [-0.39, 0.29) is 17.8 Å². The van der Waals surface area contributed by atoms with Crippen LogP contribution in [0.15, 0.2) is 24.5 Å². The Morgan fingerprint density at radius 3 is 2.43 bits per heavy atom. The Balaban J connectivity index is 2.14. The molecule has 2 aromatic heterocycles. The van der Waals surface area contributed by atoms with Gasteiger partial charge in [0.1, 0.15) is 5.75 Å². The summed E-state index contributed by atoms with van der Waals surface area (Å²) in [5.74, 6) is -0.0695. The van der Waals surface area contributed by atoms with Crippen LogP contribution in [0.1, 0.15) is 47.8 Å². The van der Waals surface area contributed by atoms with E-state index in [0.29, 0.717) is 28.3 Å². The van der Waals surface area contributed by atoms with Crippen molar-refractivity contribution in [3.05, 3.63) is 51.8 Å². The molecule has 3 rings (SSSR count). The molecule has 0 fully saturated rings. The number of ether oxygens (including phenoxy) is 2. The SMILES string of the molecule is Cc1cc(C(C)(C)C)c(Cl)cc1-c1nc2cncc(C(N)=O)c2c(OCOCC[Si](C)(C)C)c1C. The highest BCUT2D eigenvalue weighted by Crippen LogP contribution is 2.40. The summed E-state index contributed by atoms with van der Waals surface area (Å²) in [5, 5.41) is 1.22. The zero-order chi connectivity index (χ0) is 26.1. The number of aromatic nitrogens is 2. The molecule has 0 bridgehead atoms. The Hall–Kier alpha value is -2.48. The molecule has 0 saturated carbocycles. The number of carbonyl (C=O) groups excluding carboxylic acids is 1. The van der Waals surface area contributed by atoms with Gasteiger partial charge in [-0.3, -0.25) is 9.78 Å². The highest BCUT2D eigenvalue weighted by atomic mass is 35.5. The van der Waals surface area contributed by atoms with Gasteiger partial charge in [-0.2, -0.15) is 0 Å². The molecule has 35 heavy (non-hydrogen) atoms. The zero-order valence-corrected chi connectivity index (χ0v) is 23.8. The number of halogens is 1. The number of carbonyl (C=O) groups is 1. The molecule has 0 unspecified atom stereocenters. The van der Waals surface area contributed by atoms with E-state index in [2.05, 4.69) is 51.5 Å². The number of fused-ring (bicyclic) bond motifs is 1. The summed E-state index contributed by atoms with van der Waals surface area (Å²) in [4.78, 5) is 21.3. The molecule has 0 spiro atoms. The minimum atomic E-state index is -1.22. The van der Waals surface area contributed by atoms with Crippen LogP contribution in [0.25, 0.3) is 22.2 Å². The van der Waals surface area contributed by atoms with Crippen molar-refractivity contribution < 1.29 is 14.3 Å². The van der Waals surface area contributed by atoms with Gasteiger partial charge in [0.05, 0.1) is 28.4 Å². The van der Waals surface area contributed by atoms with Gasteiger partial charge in [-0.25, -0.2) is 4.98 Å². The average Bonchev–Trinajstić information content (AvgIpc) is 2.74. The monoisotopic (exact) mass is 513 g/mol. The summed E-state index contributed by atoms with van der Waals surface area (Å²) >= 11 is 6.72. The highest BCUT2D eigenvalue weighted by molar-refractivity contribution is 6.76. The van der Waals surface area contributed by atoms with Crippen molar-refractivity contribution in [2.45, 2.75) is 65.7 Å². The van der Waals surface area contributed by atoms with Crippen molar-refractivity contribution in [3.8, 4) is 17.0 Å². The Morgan fingerprint density at radius 1 is 1.14 bits per heavy atom. The molecule has 0 aliphatic carbocycles. The molecule has 1 aromatic carbocycles. The summed E-state index contributed by atoms with van der Waals surface area (Å²) in [7, 11) is -1.22. The summed E-state index contributed by atoms with van der Waals surface area (Å²) in [5.41, 5.74) is 10.9. The van der Waals surface area contributed by atoms with Gasteiger partial charge < -0.3 is 15.2 Å². The van der Waals surface area contributed by atoms with Crippen LogP contribution >= 0.6 is 11.6 Å². The molecule has 1 amide bonds. The number of amides is 1. The first-order valence-electron chi connectivity index (χ1n) is 11.8. The Kier molecular flexibility index (Phi) is 7.94. The molecule has 8 heteroatoms. The minimum absolute atomic E-state index is 0.0626. The number of benzene rings is 1. The lowest BCUT2D eigenvalue weighted by Gasteiger charge is -2.23. The van der Waals surface area contributed by atoms with Gasteiger partial charge in [-0.05, 0) is 42.5 Å². The fourth-order valence-electron chi connectivity index (χ4n) is 3.95. The van der Waals surface area contributed by atoms with Crippen LogP contribution in [0.5, 0.6) is 5.75 Å². The van der Waals surface area contributed by atoms with E-state index < -0.39 is 14.0 Å². The molecule has 6 nitrogen and oxygen atoms in total. The van der Waals surface area contributed by atoms with Crippen LogP contribution in [0.4, 0.5) is 0 Å². The van der Waals surface area contributed by atoms with Crippen LogP contribution in [0.3, 0.4) is 0 Å².